The number of ether oxygens (including phenoxy) is 1. The summed E-state index contributed by atoms with van der Waals surface area (Å²) in [6.45, 7) is 4.43. The molecule has 2 heterocycles. The van der Waals surface area contributed by atoms with Crippen molar-refractivity contribution in [3.63, 3.8) is 0 Å². The molecule has 28 heavy (non-hydrogen) atoms. The number of rotatable bonds is 7. The van der Waals surface area contributed by atoms with Crippen LogP contribution in [0.5, 0.6) is 0 Å². The molecule has 0 bridgehead atoms. The lowest BCUT2D eigenvalue weighted by atomic mass is 10.2. The summed E-state index contributed by atoms with van der Waals surface area (Å²) in [4.78, 5) is 21.0. The zero-order valence-corrected chi connectivity index (χ0v) is 16.3. The Balaban J connectivity index is 1.58. The van der Waals surface area contributed by atoms with Crippen LogP contribution in [0.4, 0.5) is 5.69 Å². The molecule has 0 saturated carbocycles. The molecule has 1 aliphatic rings. The van der Waals surface area contributed by atoms with Crippen molar-refractivity contribution in [1.29, 1.82) is 0 Å². The number of amides is 1. The molecule has 1 aliphatic heterocycles. The van der Waals surface area contributed by atoms with Gasteiger partial charge in [0.25, 0.3) is 5.91 Å². The van der Waals surface area contributed by atoms with Gasteiger partial charge in [-0.15, -0.1) is 0 Å². The predicted octanol–water partition coefficient (Wildman–Crippen LogP) is 1.19. The monoisotopic (exact) mass is 385 g/mol. The minimum absolute atomic E-state index is 0.0863. The largest absolute Gasteiger partial charge is 0.368 e. The SMILES string of the molecule is CCNC(=NCc1cccc(NC(=O)C2CCCO2)c1)NCc1ncnn1C. The number of carbonyl (C=O) groups is 1. The van der Waals surface area contributed by atoms with E-state index in [1.165, 1.54) is 6.33 Å². The lowest BCUT2D eigenvalue weighted by molar-refractivity contribution is -0.124. The fourth-order valence-electron chi connectivity index (χ4n) is 2.91. The van der Waals surface area contributed by atoms with Crippen LogP contribution in [0.25, 0.3) is 0 Å². The van der Waals surface area contributed by atoms with Crippen molar-refractivity contribution in [3.8, 4) is 0 Å². The quantitative estimate of drug-likeness (QED) is 0.488. The van der Waals surface area contributed by atoms with Crippen molar-refractivity contribution in [2.75, 3.05) is 18.5 Å². The topological polar surface area (TPSA) is 105 Å². The molecule has 0 spiro atoms. The average molecular weight is 385 g/mol. The highest BCUT2D eigenvalue weighted by Gasteiger charge is 2.23. The second-order valence-corrected chi connectivity index (χ2v) is 6.54. The summed E-state index contributed by atoms with van der Waals surface area (Å²) in [5.41, 5.74) is 1.76. The van der Waals surface area contributed by atoms with Crippen LogP contribution in [0.3, 0.4) is 0 Å². The summed E-state index contributed by atoms with van der Waals surface area (Å²) in [6, 6.07) is 7.70. The summed E-state index contributed by atoms with van der Waals surface area (Å²) in [6.07, 6.45) is 2.89. The van der Waals surface area contributed by atoms with Gasteiger partial charge in [0.05, 0.1) is 13.1 Å². The number of aliphatic imine (C=N–C) groups is 1. The van der Waals surface area contributed by atoms with Crippen LogP contribution in [0.2, 0.25) is 0 Å². The first-order chi connectivity index (χ1) is 13.7. The van der Waals surface area contributed by atoms with Crippen molar-refractivity contribution >= 4 is 17.6 Å². The predicted molar refractivity (Wildman–Crippen MR) is 107 cm³/mol. The maximum Gasteiger partial charge on any atom is 0.253 e. The van der Waals surface area contributed by atoms with E-state index in [2.05, 4.69) is 31.0 Å². The summed E-state index contributed by atoms with van der Waals surface area (Å²) >= 11 is 0. The Kier molecular flexibility index (Phi) is 6.96. The molecule has 3 N–H and O–H groups in total. The summed E-state index contributed by atoms with van der Waals surface area (Å²) < 4.78 is 7.15. The lowest BCUT2D eigenvalue weighted by Crippen LogP contribution is -2.37. The van der Waals surface area contributed by atoms with Gasteiger partial charge in [-0.1, -0.05) is 12.1 Å². The van der Waals surface area contributed by atoms with Crippen LogP contribution in [0.15, 0.2) is 35.6 Å². The van der Waals surface area contributed by atoms with E-state index in [0.29, 0.717) is 25.7 Å². The van der Waals surface area contributed by atoms with Gasteiger partial charge < -0.3 is 20.7 Å². The van der Waals surface area contributed by atoms with Crippen LogP contribution in [0, 0.1) is 0 Å². The van der Waals surface area contributed by atoms with Gasteiger partial charge in [-0.2, -0.15) is 5.10 Å². The van der Waals surface area contributed by atoms with Crippen molar-refractivity contribution in [1.82, 2.24) is 25.4 Å². The Labute approximate surface area is 164 Å². The van der Waals surface area contributed by atoms with E-state index < -0.39 is 0 Å². The molecule has 1 aromatic carbocycles. The van der Waals surface area contributed by atoms with E-state index in [1.54, 1.807) is 4.68 Å². The van der Waals surface area contributed by atoms with Crippen LogP contribution in [-0.4, -0.2) is 45.9 Å². The number of nitrogens with one attached hydrogen (secondary N) is 3. The van der Waals surface area contributed by atoms with Gasteiger partial charge >= 0.3 is 0 Å². The summed E-state index contributed by atoms with van der Waals surface area (Å²) in [7, 11) is 1.85. The minimum Gasteiger partial charge on any atom is -0.368 e. The Morgan fingerprint density at radius 1 is 1.39 bits per heavy atom. The second-order valence-electron chi connectivity index (χ2n) is 6.54. The van der Waals surface area contributed by atoms with Crippen molar-refractivity contribution in [2.45, 2.75) is 39.0 Å². The van der Waals surface area contributed by atoms with Gasteiger partial charge in [-0.25, -0.2) is 9.98 Å². The molecular weight excluding hydrogens is 358 g/mol. The van der Waals surface area contributed by atoms with Crippen LogP contribution < -0.4 is 16.0 Å². The first kappa shape index (κ1) is 19.8. The third-order valence-corrected chi connectivity index (χ3v) is 4.40. The van der Waals surface area contributed by atoms with Crippen molar-refractivity contribution in [3.05, 3.63) is 42.0 Å². The van der Waals surface area contributed by atoms with Crippen LogP contribution >= 0.6 is 0 Å². The third-order valence-electron chi connectivity index (χ3n) is 4.40. The number of benzene rings is 1. The van der Waals surface area contributed by atoms with Gasteiger partial charge in [0.2, 0.25) is 0 Å². The van der Waals surface area contributed by atoms with E-state index in [9.17, 15) is 4.79 Å². The Morgan fingerprint density at radius 3 is 3.00 bits per heavy atom. The number of carbonyl (C=O) groups excluding carboxylic acids is 1. The molecule has 1 unspecified atom stereocenters. The molecule has 9 nitrogen and oxygen atoms in total. The molecule has 1 aromatic heterocycles. The van der Waals surface area contributed by atoms with E-state index in [1.807, 2.05) is 38.2 Å². The molecule has 150 valence electrons. The molecule has 0 radical (unpaired) electrons. The first-order valence-electron chi connectivity index (χ1n) is 9.52. The highest BCUT2D eigenvalue weighted by atomic mass is 16.5. The van der Waals surface area contributed by atoms with Gasteiger partial charge in [-0.05, 0) is 37.5 Å². The maximum absolute atomic E-state index is 12.2. The average Bonchev–Trinajstić information content (AvgIpc) is 3.36. The molecule has 2 aromatic rings. The van der Waals surface area contributed by atoms with Gasteiger partial charge in [-0.3, -0.25) is 9.48 Å². The lowest BCUT2D eigenvalue weighted by Gasteiger charge is -2.12. The Hall–Kier alpha value is -2.94. The van der Waals surface area contributed by atoms with Gasteiger partial charge in [0, 0.05) is 25.9 Å². The van der Waals surface area contributed by atoms with E-state index in [4.69, 9.17) is 4.74 Å². The number of hydrogen-bond acceptors (Lipinski definition) is 5. The number of anilines is 1. The number of hydrogen-bond donors (Lipinski definition) is 3. The molecule has 0 aliphatic carbocycles. The Morgan fingerprint density at radius 2 is 2.29 bits per heavy atom. The highest BCUT2D eigenvalue weighted by molar-refractivity contribution is 5.94. The third kappa shape index (κ3) is 5.53. The number of nitrogens with zero attached hydrogens (tertiary/aromatic N) is 4. The zero-order chi connectivity index (χ0) is 19.8. The molecule has 1 fully saturated rings. The second kappa shape index (κ2) is 9.84. The fourth-order valence-corrected chi connectivity index (χ4v) is 2.91. The Bertz CT molecular complexity index is 812. The highest BCUT2D eigenvalue weighted by Crippen LogP contribution is 2.16. The zero-order valence-electron chi connectivity index (χ0n) is 16.3. The smallest absolute Gasteiger partial charge is 0.253 e. The van der Waals surface area contributed by atoms with Gasteiger partial charge in [0.1, 0.15) is 18.3 Å². The van der Waals surface area contributed by atoms with Gasteiger partial charge in [0.15, 0.2) is 5.96 Å². The number of aryl methyl sites for hydroxylation is 1. The summed E-state index contributed by atoms with van der Waals surface area (Å²) in [5.74, 6) is 1.43. The van der Waals surface area contributed by atoms with Crippen LogP contribution in [0.1, 0.15) is 31.2 Å². The molecule has 1 saturated heterocycles. The van der Waals surface area contributed by atoms with Crippen molar-refractivity contribution in [2.24, 2.45) is 12.0 Å². The molecule has 9 heteroatoms. The molecule has 1 amide bonds. The fraction of sp³-hybridized carbons (Fsp3) is 0.474. The first-order valence-corrected chi connectivity index (χ1v) is 9.52. The maximum atomic E-state index is 12.2. The molecular formula is C19H27N7O2. The normalized spacial score (nSPS) is 16.8. The minimum atomic E-state index is -0.341. The van der Waals surface area contributed by atoms with E-state index >= 15 is 0 Å². The molecule has 3 rings (SSSR count). The van der Waals surface area contributed by atoms with Crippen molar-refractivity contribution < 1.29 is 9.53 Å². The molecule has 1 atom stereocenters. The summed E-state index contributed by atoms with van der Waals surface area (Å²) in [5, 5.41) is 13.4. The van der Waals surface area contributed by atoms with E-state index in [0.717, 1.165) is 36.5 Å². The standard InChI is InChI=1S/C19H27N7O2/c1-3-20-19(22-12-17-23-13-24-26(17)2)21-11-14-6-4-7-15(10-14)25-18(27)16-8-5-9-28-16/h4,6-7,10,13,16H,3,5,8-9,11-12H2,1-2H3,(H,25,27)(H2,20,21,22). The van der Waals surface area contributed by atoms with Crippen LogP contribution in [-0.2, 0) is 29.7 Å². The number of aromatic nitrogens is 3. The van der Waals surface area contributed by atoms with E-state index in [-0.39, 0.29) is 12.0 Å². The number of guanidine groups is 1.